The molecule has 0 unspecified atom stereocenters. The second-order valence-electron chi connectivity index (χ2n) is 14.5. The summed E-state index contributed by atoms with van der Waals surface area (Å²) < 4.78 is 10.6. The zero-order chi connectivity index (χ0) is 45.6. The number of anilines is 2. The Labute approximate surface area is 365 Å². The summed E-state index contributed by atoms with van der Waals surface area (Å²) in [4.78, 5) is 110. The summed E-state index contributed by atoms with van der Waals surface area (Å²) in [6, 6.07) is 28.2. The molecule has 0 radical (unpaired) electrons. The lowest BCUT2D eigenvalue weighted by atomic mass is 10.1. The summed E-state index contributed by atoms with van der Waals surface area (Å²) >= 11 is 0. The van der Waals surface area contributed by atoms with Crippen molar-refractivity contribution in [3.05, 3.63) is 163 Å². The molecule has 326 valence electrons. The number of amides is 5. The Morgan fingerprint density at radius 1 is 0.538 bits per heavy atom. The summed E-state index contributed by atoms with van der Waals surface area (Å²) in [7, 11) is 0. The maximum Gasteiger partial charge on any atom is 0.335 e. The van der Waals surface area contributed by atoms with Crippen LogP contribution in [0.4, 0.5) is 11.4 Å². The van der Waals surface area contributed by atoms with Gasteiger partial charge in [-0.3, -0.25) is 33.6 Å². The van der Waals surface area contributed by atoms with E-state index in [-0.39, 0.29) is 83.0 Å². The quantitative estimate of drug-likeness (QED) is 0.0982. The molecule has 20 nitrogen and oxygen atoms in total. The molecule has 2 aromatic heterocycles. The molecule has 7 aromatic rings. The molecule has 0 saturated heterocycles. The molecular weight excluding hydrogens is 843 g/mol. The molecule has 2 aliphatic rings. The molecule has 0 spiro atoms. The van der Waals surface area contributed by atoms with Crippen LogP contribution in [-0.2, 0) is 29.2 Å². The number of hydrogen-bond acceptors (Lipinski definition) is 12. The molecule has 0 atom stereocenters. The Hall–Kier alpha value is -9.20. The van der Waals surface area contributed by atoms with Gasteiger partial charge in [0.05, 0.1) is 38.7 Å². The van der Waals surface area contributed by atoms with E-state index in [9.17, 15) is 38.4 Å². The molecule has 0 aliphatic carbocycles. The zero-order valence-electron chi connectivity index (χ0n) is 33.8. The van der Waals surface area contributed by atoms with Gasteiger partial charge in [0, 0.05) is 25.2 Å². The number of fused-ring (bicyclic) bond motifs is 4. The van der Waals surface area contributed by atoms with Gasteiger partial charge in [-0.1, -0.05) is 42.5 Å². The fourth-order valence-corrected chi connectivity index (χ4v) is 6.66. The Morgan fingerprint density at radius 3 is 1.51 bits per heavy atom. The molecule has 0 bridgehead atoms. The first-order valence-electron chi connectivity index (χ1n) is 19.7. The number of carbonyl (C=O) groups is 6. The van der Waals surface area contributed by atoms with Crippen LogP contribution >= 0.6 is 0 Å². The van der Waals surface area contributed by atoms with Crippen LogP contribution in [0.3, 0.4) is 0 Å². The number of carboxylic acids is 1. The van der Waals surface area contributed by atoms with Crippen LogP contribution in [0.5, 0.6) is 11.5 Å². The molecule has 0 fully saturated rings. The minimum atomic E-state index is -1.17. The third kappa shape index (κ3) is 9.97. The number of ether oxygens (including phenoxy) is 2. The van der Waals surface area contributed by atoms with Gasteiger partial charge >= 0.3 is 5.97 Å². The lowest BCUT2D eigenvalue weighted by Crippen LogP contribution is -2.28. The van der Waals surface area contributed by atoms with Crippen LogP contribution in [0.1, 0.15) is 58.6 Å². The molecule has 8 N–H and O–H groups in total. The third-order valence-corrected chi connectivity index (χ3v) is 9.91. The van der Waals surface area contributed by atoms with Gasteiger partial charge < -0.3 is 51.1 Å². The number of aromatic amines is 2. The van der Waals surface area contributed by atoms with Crippen molar-refractivity contribution in [2.45, 2.75) is 19.6 Å². The highest BCUT2D eigenvalue weighted by molar-refractivity contribution is 5.99. The van der Waals surface area contributed by atoms with Crippen molar-refractivity contribution in [3.8, 4) is 11.5 Å². The average molecular weight is 878 g/mol. The van der Waals surface area contributed by atoms with Gasteiger partial charge in [0.15, 0.2) is 24.9 Å². The zero-order valence-corrected chi connectivity index (χ0v) is 33.8. The number of carbonyl (C=O) groups excluding carboxylic acids is 5. The van der Waals surface area contributed by atoms with Gasteiger partial charge in [-0.05, 0) is 77.4 Å². The minimum Gasteiger partial charge on any atom is -0.482 e. The fraction of sp³-hybridized carbons (Fsp3) is 0.111. The predicted molar refractivity (Wildman–Crippen MR) is 233 cm³/mol. The van der Waals surface area contributed by atoms with Crippen molar-refractivity contribution in [1.82, 2.24) is 35.9 Å². The van der Waals surface area contributed by atoms with E-state index in [0.29, 0.717) is 40.5 Å². The second-order valence-corrected chi connectivity index (χ2v) is 14.5. The molecule has 5 amide bonds. The van der Waals surface area contributed by atoms with E-state index in [1.807, 2.05) is 30.3 Å². The molecule has 2 aliphatic heterocycles. The van der Waals surface area contributed by atoms with Crippen LogP contribution in [0.15, 0.2) is 113 Å². The van der Waals surface area contributed by atoms with Gasteiger partial charge in [-0.15, -0.1) is 0 Å². The number of aromatic nitrogens is 4. The van der Waals surface area contributed by atoms with Crippen LogP contribution < -0.4 is 47.2 Å². The van der Waals surface area contributed by atoms with E-state index >= 15 is 0 Å². The monoisotopic (exact) mass is 877 g/mol. The van der Waals surface area contributed by atoms with Crippen LogP contribution in [0.2, 0.25) is 0 Å². The standard InChI is InChI=1S/C26H21N5O5.C19H14N4O6/c32-22-14-36-21-9-6-16(10-20(21)29-22)13-28-26(35)23-30-19-8-7-17(11-18(19)25(34)31-23)24(33)27-12-15-4-2-1-3-5-15;24-15-8-29-14-4-1-9(5-13(14)21-15)7-20-18(26)16-22-12-3-2-10(19(27)28)6-11(12)17(25)23-16/h1-11H,12-14H2,(H,27,33)(H,28,35)(H,29,32)(H,30,31,34);1-6H,7-8H2,(H,20,26)(H,21,24)(H,27,28)(H,22,23,25). The van der Waals surface area contributed by atoms with Gasteiger partial charge in [0.25, 0.3) is 40.7 Å². The number of benzene rings is 5. The third-order valence-electron chi connectivity index (χ3n) is 9.91. The number of hydrogen-bond donors (Lipinski definition) is 8. The highest BCUT2D eigenvalue weighted by Gasteiger charge is 2.19. The highest BCUT2D eigenvalue weighted by Crippen LogP contribution is 2.29. The average Bonchev–Trinajstić information content (AvgIpc) is 3.31. The SMILES string of the molecule is O=C1COc2ccc(CNC(=O)c3nc4ccc(C(=O)NCc5ccccc5)cc4c(=O)[nH]3)cc2N1.O=C1COc2ccc(CNC(=O)c3nc4ccc(C(=O)O)cc4c(=O)[nH]3)cc2N1. The van der Waals surface area contributed by atoms with Crippen molar-refractivity contribution in [3.63, 3.8) is 0 Å². The molecule has 5 aromatic carbocycles. The maximum absolute atomic E-state index is 12.7. The number of nitrogens with one attached hydrogen (secondary N) is 7. The smallest absolute Gasteiger partial charge is 0.335 e. The van der Waals surface area contributed by atoms with E-state index < -0.39 is 28.9 Å². The van der Waals surface area contributed by atoms with E-state index in [1.165, 1.54) is 30.3 Å². The van der Waals surface area contributed by atoms with Crippen LogP contribution in [0, 0.1) is 0 Å². The van der Waals surface area contributed by atoms with Gasteiger partial charge in [0.2, 0.25) is 0 Å². The molecule has 0 saturated carbocycles. The van der Waals surface area contributed by atoms with Crippen molar-refractivity contribution in [2.75, 3.05) is 23.8 Å². The number of aromatic carboxylic acids is 1. The molecule has 4 heterocycles. The minimum absolute atomic E-state index is 0.0378. The Balaban J connectivity index is 0.000000181. The summed E-state index contributed by atoms with van der Waals surface area (Å²) in [5, 5.41) is 22.8. The molecule has 65 heavy (non-hydrogen) atoms. The van der Waals surface area contributed by atoms with Crippen molar-refractivity contribution in [1.29, 1.82) is 0 Å². The summed E-state index contributed by atoms with van der Waals surface area (Å²) in [5.41, 5.74) is 3.04. The van der Waals surface area contributed by atoms with Crippen molar-refractivity contribution >= 4 is 68.7 Å². The number of H-pyrrole nitrogens is 2. The van der Waals surface area contributed by atoms with E-state index in [4.69, 9.17) is 14.6 Å². The molecular formula is C45H35N9O11. The summed E-state index contributed by atoms with van der Waals surface area (Å²) in [5.74, 6) is -2.43. The van der Waals surface area contributed by atoms with Gasteiger partial charge in [0.1, 0.15) is 11.5 Å². The predicted octanol–water partition coefficient (Wildman–Crippen LogP) is 3.00. The van der Waals surface area contributed by atoms with E-state index in [1.54, 1.807) is 42.5 Å². The topological polar surface area (TPSA) is 293 Å². The fourth-order valence-electron chi connectivity index (χ4n) is 6.66. The van der Waals surface area contributed by atoms with Crippen molar-refractivity contribution in [2.24, 2.45) is 0 Å². The van der Waals surface area contributed by atoms with Gasteiger partial charge in [-0.2, -0.15) is 0 Å². The number of rotatable bonds is 10. The summed E-state index contributed by atoms with van der Waals surface area (Å²) in [6.45, 7) is 0.545. The first-order chi connectivity index (χ1) is 31.4. The Bertz CT molecular complexity index is 3210. The first kappa shape index (κ1) is 42.5. The van der Waals surface area contributed by atoms with Crippen LogP contribution in [0.25, 0.3) is 21.8 Å². The van der Waals surface area contributed by atoms with E-state index in [0.717, 1.165) is 11.1 Å². The van der Waals surface area contributed by atoms with E-state index in [2.05, 4.69) is 46.5 Å². The Morgan fingerprint density at radius 2 is 1.00 bits per heavy atom. The number of carboxylic acid groups (broad SMARTS) is 1. The molecule has 9 rings (SSSR count). The van der Waals surface area contributed by atoms with Gasteiger partial charge in [-0.25, -0.2) is 14.8 Å². The number of nitrogens with zero attached hydrogens (tertiary/aromatic N) is 2. The lowest BCUT2D eigenvalue weighted by Gasteiger charge is -2.18. The maximum atomic E-state index is 12.7. The van der Waals surface area contributed by atoms with Crippen molar-refractivity contribution < 1.29 is 43.3 Å². The molecule has 20 heteroatoms. The summed E-state index contributed by atoms with van der Waals surface area (Å²) in [6.07, 6.45) is 0. The van der Waals surface area contributed by atoms with Crippen LogP contribution in [-0.4, -0.2) is 73.8 Å². The Kier molecular flexibility index (Phi) is 12.0. The largest absolute Gasteiger partial charge is 0.482 e. The normalized spacial score (nSPS) is 12.4. The lowest BCUT2D eigenvalue weighted by molar-refractivity contribution is -0.119. The first-order valence-corrected chi connectivity index (χ1v) is 19.7. The second kappa shape index (κ2) is 18.4. The highest BCUT2D eigenvalue weighted by atomic mass is 16.5.